The number of phenols is 1. The Morgan fingerprint density at radius 3 is 2.46 bits per heavy atom. The van der Waals surface area contributed by atoms with Crippen molar-refractivity contribution in [2.24, 2.45) is 0 Å². The Morgan fingerprint density at radius 1 is 1.18 bits per heavy atom. The predicted octanol–water partition coefficient (Wildman–Crippen LogP) is 2.47. The number of nitrogens with zero attached hydrogens (tertiary/aromatic N) is 1. The zero-order chi connectivity index (χ0) is 20.4. The van der Waals surface area contributed by atoms with Crippen LogP contribution in [0.1, 0.15) is 17.2 Å². The molecular weight excluding hydrogens is 386 g/mol. The van der Waals surface area contributed by atoms with E-state index in [9.17, 15) is 24.9 Å². The first-order valence-electron chi connectivity index (χ1n) is 8.41. The maximum atomic E-state index is 12.7. The Kier molecular flexibility index (Phi) is 5.58. The molecule has 1 aliphatic heterocycles. The second-order valence-electron chi connectivity index (χ2n) is 6.15. The van der Waals surface area contributed by atoms with Gasteiger partial charge in [0.15, 0.2) is 11.5 Å². The van der Waals surface area contributed by atoms with E-state index in [-0.39, 0.29) is 36.0 Å². The van der Waals surface area contributed by atoms with E-state index in [0.29, 0.717) is 16.1 Å². The fourth-order valence-corrected chi connectivity index (χ4v) is 3.32. The average molecular weight is 404 g/mol. The highest BCUT2D eigenvalue weighted by molar-refractivity contribution is 6.46. The van der Waals surface area contributed by atoms with Crippen LogP contribution in [0.4, 0.5) is 0 Å². The van der Waals surface area contributed by atoms with E-state index < -0.39 is 17.7 Å². The molecule has 0 spiro atoms. The van der Waals surface area contributed by atoms with Crippen molar-refractivity contribution in [2.75, 3.05) is 20.3 Å². The number of carbonyl (C=O) groups excluding carboxylic acids is 2. The number of amides is 1. The number of carbonyl (C=O) groups is 2. The lowest BCUT2D eigenvalue weighted by Gasteiger charge is -2.25. The van der Waals surface area contributed by atoms with Gasteiger partial charge in [0.05, 0.1) is 25.3 Å². The molecule has 1 atom stereocenters. The number of phenolic OH excluding ortho intramolecular Hbond substituents is 1. The number of hydrogen-bond acceptors (Lipinski definition) is 6. The Labute approximate surface area is 166 Å². The number of β-amino-alcohol motifs (C(OH)–C–C–N with tert-alkyl or cyclic N) is 1. The minimum Gasteiger partial charge on any atom is -0.507 e. The van der Waals surface area contributed by atoms with Gasteiger partial charge in [-0.05, 0) is 42.0 Å². The Morgan fingerprint density at radius 2 is 1.86 bits per heavy atom. The number of ether oxygens (including phenoxy) is 1. The lowest BCUT2D eigenvalue weighted by molar-refractivity contribution is -0.140. The molecule has 1 heterocycles. The molecule has 3 rings (SSSR count). The van der Waals surface area contributed by atoms with Crippen LogP contribution in [0.15, 0.2) is 48.0 Å². The van der Waals surface area contributed by atoms with Crippen molar-refractivity contribution in [1.29, 1.82) is 0 Å². The minimum absolute atomic E-state index is 0.101. The summed E-state index contributed by atoms with van der Waals surface area (Å²) in [7, 11) is 1.37. The molecular formula is C20H18ClNO6. The van der Waals surface area contributed by atoms with Crippen LogP contribution in [0.3, 0.4) is 0 Å². The average Bonchev–Trinajstić information content (AvgIpc) is 2.94. The fraction of sp³-hybridized carbons (Fsp3) is 0.200. The SMILES string of the molecule is COc1cc(C2/C(=C(\O)c3ccc(Cl)cc3)C(=O)C(=O)N2CCO)ccc1O. The smallest absolute Gasteiger partial charge is 0.295 e. The van der Waals surface area contributed by atoms with Crippen LogP contribution in [0.25, 0.3) is 5.76 Å². The van der Waals surface area contributed by atoms with Crippen LogP contribution in [0.5, 0.6) is 11.5 Å². The van der Waals surface area contributed by atoms with Gasteiger partial charge in [-0.25, -0.2) is 0 Å². The maximum absolute atomic E-state index is 12.7. The Balaban J connectivity index is 2.20. The van der Waals surface area contributed by atoms with E-state index in [1.54, 1.807) is 12.1 Å². The molecule has 7 nitrogen and oxygen atoms in total. The first-order valence-corrected chi connectivity index (χ1v) is 8.79. The van der Waals surface area contributed by atoms with Gasteiger partial charge >= 0.3 is 0 Å². The highest BCUT2D eigenvalue weighted by atomic mass is 35.5. The summed E-state index contributed by atoms with van der Waals surface area (Å²) in [6.45, 7) is -0.463. The number of aliphatic hydroxyl groups is 2. The normalized spacial score (nSPS) is 18.5. The van der Waals surface area contributed by atoms with Gasteiger partial charge in [0.2, 0.25) is 0 Å². The fourth-order valence-electron chi connectivity index (χ4n) is 3.19. The molecule has 28 heavy (non-hydrogen) atoms. The van der Waals surface area contributed by atoms with Gasteiger partial charge in [0.25, 0.3) is 11.7 Å². The topological polar surface area (TPSA) is 107 Å². The number of rotatable bonds is 5. The van der Waals surface area contributed by atoms with Gasteiger partial charge in [-0.15, -0.1) is 0 Å². The number of aliphatic hydroxyl groups excluding tert-OH is 2. The molecule has 0 aromatic heterocycles. The van der Waals surface area contributed by atoms with Crippen LogP contribution < -0.4 is 4.74 Å². The zero-order valence-corrected chi connectivity index (χ0v) is 15.7. The molecule has 1 unspecified atom stereocenters. The molecule has 146 valence electrons. The second-order valence-corrected chi connectivity index (χ2v) is 6.59. The van der Waals surface area contributed by atoms with Crippen molar-refractivity contribution in [2.45, 2.75) is 6.04 Å². The quantitative estimate of drug-likeness (QED) is 0.402. The third-order valence-electron chi connectivity index (χ3n) is 4.52. The molecule has 0 radical (unpaired) electrons. The van der Waals surface area contributed by atoms with E-state index in [0.717, 1.165) is 0 Å². The first-order chi connectivity index (χ1) is 13.4. The van der Waals surface area contributed by atoms with Crippen molar-refractivity contribution < 1.29 is 29.6 Å². The summed E-state index contributed by atoms with van der Waals surface area (Å²) in [4.78, 5) is 26.4. The number of methoxy groups -OCH3 is 1. The summed E-state index contributed by atoms with van der Waals surface area (Å²) >= 11 is 5.87. The first kappa shape index (κ1) is 19.7. The van der Waals surface area contributed by atoms with Gasteiger partial charge < -0.3 is 25.0 Å². The van der Waals surface area contributed by atoms with Gasteiger partial charge in [-0.3, -0.25) is 9.59 Å². The molecule has 0 bridgehead atoms. The summed E-state index contributed by atoms with van der Waals surface area (Å²) in [6, 6.07) is 9.60. The molecule has 2 aromatic rings. The zero-order valence-electron chi connectivity index (χ0n) is 14.9. The molecule has 1 aliphatic rings. The minimum atomic E-state index is -0.947. The number of benzene rings is 2. The lowest BCUT2D eigenvalue weighted by Crippen LogP contribution is -2.32. The summed E-state index contributed by atoms with van der Waals surface area (Å²) < 4.78 is 5.11. The number of likely N-dealkylation sites (tertiary alicyclic amines) is 1. The highest BCUT2D eigenvalue weighted by Crippen LogP contribution is 2.41. The van der Waals surface area contributed by atoms with Crippen molar-refractivity contribution >= 4 is 29.1 Å². The highest BCUT2D eigenvalue weighted by Gasteiger charge is 2.46. The lowest BCUT2D eigenvalue weighted by atomic mass is 9.95. The molecule has 1 fully saturated rings. The molecule has 3 N–H and O–H groups in total. The summed E-state index contributed by atoms with van der Waals surface area (Å²) in [5, 5.41) is 30.4. The van der Waals surface area contributed by atoms with E-state index in [4.69, 9.17) is 16.3 Å². The summed E-state index contributed by atoms with van der Waals surface area (Å²) in [6.07, 6.45) is 0. The van der Waals surface area contributed by atoms with Crippen molar-refractivity contribution in [3.63, 3.8) is 0 Å². The van der Waals surface area contributed by atoms with Crippen LogP contribution >= 0.6 is 11.6 Å². The van der Waals surface area contributed by atoms with Crippen LogP contribution in [0.2, 0.25) is 5.02 Å². The summed E-state index contributed by atoms with van der Waals surface area (Å²) in [5.74, 6) is -2.01. The maximum Gasteiger partial charge on any atom is 0.295 e. The van der Waals surface area contributed by atoms with Gasteiger partial charge in [0.1, 0.15) is 5.76 Å². The Bertz CT molecular complexity index is 954. The predicted molar refractivity (Wildman–Crippen MR) is 102 cm³/mol. The number of ketones is 1. The van der Waals surface area contributed by atoms with E-state index >= 15 is 0 Å². The van der Waals surface area contributed by atoms with Crippen molar-refractivity contribution in [1.82, 2.24) is 4.90 Å². The van der Waals surface area contributed by atoms with E-state index in [1.807, 2.05) is 0 Å². The van der Waals surface area contributed by atoms with Crippen molar-refractivity contribution in [3.05, 3.63) is 64.2 Å². The number of Topliss-reactive ketones (excluding diaryl/α,β-unsaturated/α-hetero) is 1. The standard InChI is InChI=1S/C20H18ClNO6/c1-28-15-10-12(4-7-14(15)24)17-16(19(26)20(27)22(17)8-9-23)18(25)11-2-5-13(21)6-3-11/h2-7,10,17,23-25H,8-9H2,1H3/b18-16+. The molecule has 0 aliphatic carbocycles. The number of halogens is 1. The van der Waals surface area contributed by atoms with Gasteiger partial charge in [-0.1, -0.05) is 17.7 Å². The third kappa shape index (κ3) is 3.42. The van der Waals surface area contributed by atoms with E-state index in [1.165, 1.54) is 42.3 Å². The largest absolute Gasteiger partial charge is 0.507 e. The Hall–Kier alpha value is -3.03. The molecule has 8 heteroatoms. The molecule has 1 amide bonds. The number of aromatic hydroxyl groups is 1. The molecule has 0 saturated carbocycles. The summed E-state index contributed by atoms with van der Waals surface area (Å²) in [5.41, 5.74) is 0.647. The third-order valence-corrected chi connectivity index (χ3v) is 4.77. The van der Waals surface area contributed by atoms with Gasteiger partial charge in [-0.2, -0.15) is 0 Å². The van der Waals surface area contributed by atoms with Crippen molar-refractivity contribution in [3.8, 4) is 11.5 Å². The monoisotopic (exact) mass is 403 g/mol. The molecule has 2 aromatic carbocycles. The van der Waals surface area contributed by atoms with E-state index in [2.05, 4.69) is 0 Å². The second kappa shape index (κ2) is 7.92. The van der Waals surface area contributed by atoms with Crippen LogP contribution in [0, 0.1) is 0 Å². The van der Waals surface area contributed by atoms with Gasteiger partial charge in [0, 0.05) is 17.1 Å². The molecule has 1 saturated heterocycles. The van der Waals surface area contributed by atoms with Crippen LogP contribution in [-0.2, 0) is 9.59 Å². The van der Waals surface area contributed by atoms with Crippen LogP contribution in [-0.4, -0.2) is 52.2 Å². The number of hydrogen-bond donors (Lipinski definition) is 3.